The molecule has 2 aromatic rings. The fourth-order valence-electron chi connectivity index (χ4n) is 2.47. The normalized spacial score (nSPS) is 13.4. The molecule has 0 saturated carbocycles. The lowest BCUT2D eigenvalue weighted by atomic mass is 9.94. The maximum atomic E-state index is 13.6. The third-order valence-corrected chi connectivity index (χ3v) is 5.25. The van der Waals surface area contributed by atoms with Gasteiger partial charge in [0.25, 0.3) is 0 Å². The number of nitrogens with two attached hydrogens (primary N) is 1. The van der Waals surface area contributed by atoms with Crippen LogP contribution in [-0.4, -0.2) is 6.18 Å². The van der Waals surface area contributed by atoms with E-state index in [4.69, 9.17) is 17.3 Å². The summed E-state index contributed by atoms with van der Waals surface area (Å²) in [5, 5.41) is 0.340. The molecule has 1 atom stereocenters. The summed E-state index contributed by atoms with van der Waals surface area (Å²) < 4.78 is 41.4. The summed E-state index contributed by atoms with van der Waals surface area (Å²) in [5.41, 5.74) is 8.80. The molecule has 0 heterocycles. The average Bonchev–Trinajstić information content (AvgIpc) is 2.51. The molecule has 0 aromatic heterocycles. The van der Waals surface area contributed by atoms with Crippen molar-refractivity contribution < 1.29 is 13.2 Å². The maximum absolute atomic E-state index is 13.6. The average molecular weight is 433 g/mol. The molecule has 2 N–H and O–H groups in total. The van der Waals surface area contributed by atoms with E-state index in [0.29, 0.717) is 17.1 Å². The van der Waals surface area contributed by atoms with Crippen molar-refractivity contribution >= 4 is 33.6 Å². The first-order valence-electron chi connectivity index (χ1n) is 7.63. The molecule has 2 rings (SSSR count). The number of hydrogen-bond donors (Lipinski definition) is 1. The summed E-state index contributed by atoms with van der Waals surface area (Å²) in [6.07, 6.45) is -1.79. The Morgan fingerprint density at radius 3 is 2.40 bits per heavy atom. The van der Waals surface area contributed by atoms with E-state index in [1.807, 2.05) is 0 Å². The molecule has 134 valence electrons. The number of alkyl halides is 3. The standard InChI is InChI=1S/C19H18BrClF3N/c1-11-7-15(9-18(21)12(11)2)16(19(22,23)24)6-4-13-3-5-14(10-25)17(20)8-13/h3-9,16H,10,25H2,1-2H3/b6-4+. The zero-order chi connectivity index (χ0) is 18.8. The van der Waals surface area contributed by atoms with E-state index in [1.165, 1.54) is 18.2 Å². The Morgan fingerprint density at radius 2 is 1.88 bits per heavy atom. The van der Waals surface area contributed by atoms with Crippen LogP contribution in [0.3, 0.4) is 0 Å². The molecule has 0 radical (unpaired) electrons. The lowest BCUT2D eigenvalue weighted by Gasteiger charge is -2.19. The number of benzene rings is 2. The molecule has 25 heavy (non-hydrogen) atoms. The van der Waals surface area contributed by atoms with Crippen LogP contribution in [0, 0.1) is 13.8 Å². The van der Waals surface area contributed by atoms with Crippen molar-refractivity contribution in [3.63, 3.8) is 0 Å². The fourth-order valence-corrected chi connectivity index (χ4v) is 3.31. The zero-order valence-corrected chi connectivity index (χ0v) is 16.1. The Labute approximate surface area is 158 Å². The summed E-state index contributed by atoms with van der Waals surface area (Å²) in [6.45, 7) is 3.90. The van der Waals surface area contributed by atoms with Crippen LogP contribution < -0.4 is 5.73 Å². The monoisotopic (exact) mass is 431 g/mol. The highest BCUT2D eigenvalue weighted by atomic mass is 79.9. The topological polar surface area (TPSA) is 26.0 Å². The van der Waals surface area contributed by atoms with Gasteiger partial charge in [0.15, 0.2) is 0 Å². The Kier molecular flexibility index (Phi) is 6.35. The number of halogens is 5. The van der Waals surface area contributed by atoms with Crippen LogP contribution in [0.5, 0.6) is 0 Å². The van der Waals surface area contributed by atoms with Crippen molar-refractivity contribution in [1.82, 2.24) is 0 Å². The van der Waals surface area contributed by atoms with E-state index >= 15 is 0 Å². The van der Waals surface area contributed by atoms with Gasteiger partial charge in [0.2, 0.25) is 0 Å². The Balaban J connectivity index is 2.41. The van der Waals surface area contributed by atoms with Crippen LogP contribution in [0.2, 0.25) is 5.02 Å². The van der Waals surface area contributed by atoms with Crippen molar-refractivity contribution in [3.05, 3.63) is 73.7 Å². The predicted octanol–water partition coefficient (Wildman–Crippen LogP) is 6.54. The molecule has 6 heteroatoms. The smallest absolute Gasteiger partial charge is 0.326 e. The van der Waals surface area contributed by atoms with Crippen molar-refractivity contribution in [2.45, 2.75) is 32.5 Å². The maximum Gasteiger partial charge on any atom is 0.399 e. The van der Waals surface area contributed by atoms with Crippen molar-refractivity contribution in [3.8, 4) is 0 Å². The third-order valence-electron chi connectivity index (χ3n) is 4.12. The van der Waals surface area contributed by atoms with Crippen molar-refractivity contribution in [2.24, 2.45) is 5.73 Å². The first-order chi connectivity index (χ1) is 11.6. The van der Waals surface area contributed by atoms with Crippen LogP contribution in [0.15, 0.2) is 40.9 Å². The second-order valence-corrected chi connectivity index (χ2v) is 7.14. The van der Waals surface area contributed by atoms with Gasteiger partial charge in [0, 0.05) is 16.0 Å². The van der Waals surface area contributed by atoms with Gasteiger partial charge in [0.1, 0.15) is 0 Å². The minimum absolute atomic E-state index is 0.134. The first-order valence-corrected chi connectivity index (χ1v) is 8.80. The highest BCUT2D eigenvalue weighted by Gasteiger charge is 2.39. The van der Waals surface area contributed by atoms with Gasteiger partial charge in [-0.1, -0.05) is 57.9 Å². The fraction of sp³-hybridized carbons (Fsp3) is 0.263. The molecular formula is C19H18BrClF3N. The largest absolute Gasteiger partial charge is 0.399 e. The van der Waals surface area contributed by atoms with E-state index in [2.05, 4.69) is 15.9 Å². The molecule has 1 unspecified atom stereocenters. The van der Waals surface area contributed by atoms with Crippen LogP contribution >= 0.6 is 27.5 Å². The molecular weight excluding hydrogens is 415 g/mol. The second kappa shape index (κ2) is 7.94. The molecule has 1 nitrogen and oxygen atoms in total. The van der Waals surface area contributed by atoms with Crippen LogP contribution in [-0.2, 0) is 6.54 Å². The molecule has 0 fully saturated rings. The molecule has 0 amide bonds. The van der Waals surface area contributed by atoms with Crippen molar-refractivity contribution in [2.75, 3.05) is 0 Å². The van der Waals surface area contributed by atoms with E-state index in [0.717, 1.165) is 27.2 Å². The molecule has 0 aliphatic rings. The minimum Gasteiger partial charge on any atom is -0.326 e. The van der Waals surface area contributed by atoms with Gasteiger partial charge in [-0.2, -0.15) is 13.2 Å². The summed E-state index contributed by atoms with van der Waals surface area (Å²) in [6, 6.07) is 8.21. The van der Waals surface area contributed by atoms with Gasteiger partial charge in [-0.15, -0.1) is 0 Å². The van der Waals surface area contributed by atoms with E-state index in [-0.39, 0.29) is 5.56 Å². The molecule has 0 aliphatic heterocycles. The lowest BCUT2D eigenvalue weighted by molar-refractivity contribution is -0.139. The van der Waals surface area contributed by atoms with Gasteiger partial charge in [-0.05, 0) is 53.8 Å². The Bertz CT molecular complexity index is 777. The zero-order valence-electron chi connectivity index (χ0n) is 13.8. The van der Waals surface area contributed by atoms with Gasteiger partial charge >= 0.3 is 6.18 Å². The van der Waals surface area contributed by atoms with E-state index < -0.39 is 12.1 Å². The third kappa shape index (κ3) is 4.87. The van der Waals surface area contributed by atoms with Gasteiger partial charge in [-0.3, -0.25) is 0 Å². The number of hydrogen-bond acceptors (Lipinski definition) is 1. The van der Waals surface area contributed by atoms with E-state index in [9.17, 15) is 13.2 Å². The molecule has 0 bridgehead atoms. The first kappa shape index (κ1) is 20.0. The minimum atomic E-state index is -4.41. The summed E-state index contributed by atoms with van der Waals surface area (Å²) >= 11 is 9.45. The van der Waals surface area contributed by atoms with Gasteiger partial charge in [-0.25, -0.2) is 0 Å². The highest BCUT2D eigenvalue weighted by Crippen LogP contribution is 2.38. The molecule has 0 aliphatic carbocycles. The van der Waals surface area contributed by atoms with Crippen LogP contribution in [0.1, 0.15) is 33.7 Å². The quantitative estimate of drug-likeness (QED) is 0.583. The molecule has 0 spiro atoms. The number of aryl methyl sites for hydroxylation is 1. The van der Waals surface area contributed by atoms with Crippen molar-refractivity contribution in [1.29, 1.82) is 0 Å². The van der Waals surface area contributed by atoms with Crippen LogP contribution in [0.4, 0.5) is 13.2 Å². The SMILES string of the molecule is Cc1cc(C(/C=C/c2ccc(CN)c(Br)c2)C(F)(F)F)cc(Cl)c1C. The summed E-state index contributed by atoms with van der Waals surface area (Å²) in [5.74, 6) is -1.72. The number of allylic oxidation sites excluding steroid dienone is 1. The predicted molar refractivity (Wildman–Crippen MR) is 101 cm³/mol. The Morgan fingerprint density at radius 1 is 1.20 bits per heavy atom. The second-order valence-electron chi connectivity index (χ2n) is 5.88. The summed E-state index contributed by atoms with van der Waals surface area (Å²) in [7, 11) is 0. The highest BCUT2D eigenvalue weighted by molar-refractivity contribution is 9.10. The summed E-state index contributed by atoms with van der Waals surface area (Å²) in [4.78, 5) is 0. The van der Waals surface area contributed by atoms with Crippen LogP contribution in [0.25, 0.3) is 6.08 Å². The Hall–Kier alpha value is -1.30. The van der Waals surface area contributed by atoms with Gasteiger partial charge < -0.3 is 5.73 Å². The lowest BCUT2D eigenvalue weighted by Crippen LogP contribution is -2.19. The molecule has 2 aromatic carbocycles. The number of rotatable bonds is 4. The van der Waals surface area contributed by atoms with Gasteiger partial charge in [0.05, 0.1) is 5.92 Å². The van der Waals surface area contributed by atoms with E-state index in [1.54, 1.807) is 32.0 Å². The molecule has 0 saturated heterocycles.